The summed E-state index contributed by atoms with van der Waals surface area (Å²) in [6, 6.07) is -0.243. The molecular formula is C13H25F3N2. The summed E-state index contributed by atoms with van der Waals surface area (Å²) in [4.78, 5) is 2.13. The molecule has 0 aliphatic carbocycles. The molecule has 2 unspecified atom stereocenters. The van der Waals surface area contributed by atoms with E-state index in [1.54, 1.807) is 0 Å². The largest absolute Gasteiger partial charge is 0.393 e. The Balaban J connectivity index is 2.75. The number of halogens is 3. The lowest BCUT2D eigenvalue weighted by Crippen LogP contribution is -2.53. The van der Waals surface area contributed by atoms with Crippen LogP contribution in [-0.2, 0) is 0 Å². The fourth-order valence-corrected chi connectivity index (χ4v) is 2.82. The summed E-state index contributed by atoms with van der Waals surface area (Å²) in [5, 5.41) is 3.01. The molecule has 1 saturated heterocycles. The fourth-order valence-electron chi connectivity index (χ4n) is 2.82. The van der Waals surface area contributed by atoms with Crippen molar-refractivity contribution < 1.29 is 13.2 Å². The van der Waals surface area contributed by atoms with Crippen molar-refractivity contribution in [1.29, 1.82) is 0 Å². The van der Waals surface area contributed by atoms with Gasteiger partial charge in [-0.25, -0.2) is 0 Å². The Labute approximate surface area is 108 Å². The lowest BCUT2D eigenvalue weighted by molar-refractivity contribution is -0.178. The van der Waals surface area contributed by atoms with Crippen LogP contribution in [0, 0.1) is 5.92 Å². The van der Waals surface area contributed by atoms with Crippen molar-refractivity contribution in [3.8, 4) is 0 Å². The first kappa shape index (κ1) is 15.8. The van der Waals surface area contributed by atoms with Gasteiger partial charge in [-0.2, -0.15) is 13.2 Å². The molecule has 0 aromatic carbocycles. The maximum atomic E-state index is 12.9. The van der Waals surface area contributed by atoms with Crippen LogP contribution < -0.4 is 5.32 Å². The Hall–Kier alpha value is -0.290. The highest BCUT2D eigenvalue weighted by atomic mass is 19.4. The van der Waals surface area contributed by atoms with Crippen LogP contribution in [0.1, 0.15) is 41.0 Å². The van der Waals surface area contributed by atoms with E-state index < -0.39 is 18.1 Å². The minimum Gasteiger partial charge on any atom is -0.312 e. The SMILES string of the molecule is CC(C)N(CC1NCCC1C(F)(F)F)C(C)(C)C. The summed E-state index contributed by atoms with van der Waals surface area (Å²) in [6.07, 6.45) is -3.89. The van der Waals surface area contributed by atoms with Crippen molar-refractivity contribution in [3.05, 3.63) is 0 Å². The number of nitrogens with zero attached hydrogens (tertiary/aromatic N) is 1. The first-order chi connectivity index (χ1) is 8.03. The molecule has 0 aromatic heterocycles. The highest BCUT2D eigenvalue weighted by Crippen LogP contribution is 2.35. The summed E-state index contributed by atoms with van der Waals surface area (Å²) in [5.41, 5.74) is -0.116. The third-order valence-corrected chi connectivity index (χ3v) is 3.65. The molecular weight excluding hydrogens is 241 g/mol. The molecule has 0 radical (unpaired) electrons. The molecule has 0 amide bonds. The average Bonchev–Trinajstić information content (AvgIpc) is 2.58. The van der Waals surface area contributed by atoms with Gasteiger partial charge >= 0.3 is 6.18 Å². The van der Waals surface area contributed by atoms with Gasteiger partial charge in [0.1, 0.15) is 0 Å². The quantitative estimate of drug-likeness (QED) is 0.844. The van der Waals surface area contributed by atoms with Crippen LogP contribution >= 0.6 is 0 Å². The maximum absolute atomic E-state index is 12.9. The van der Waals surface area contributed by atoms with Crippen molar-refractivity contribution in [1.82, 2.24) is 10.2 Å². The van der Waals surface area contributed by atoms with E-state index in [1.807, 2.05) is 34.6 Å². The van der Waals surface area contributed by atoms with Gasteiger partial charge in [-0.15, -0.1) is 0 Å². The zero-order chi connectivity index (χ0) is 14.1. The Bertz CT molecular complexity index is 268. The third-order valence-electron chi connectivity index (χ3n) is 3.65. The summed E-state index contributed by atoms with van der Waals surface area (Å²) < 4.78 is 38.7. The van der Waals surface area contributed by atoms with E-state index in [9.17, 15) is 13.2 Å². The number of alkyl halides is 3. The third kappa shape index (κ3) is 3.85. The van der Waals surface area contributed by atoms with Crippen LogP contribution in [-0.4, -0.2) is 41.8 Å². The summed E-state index contributed by atoms with van der Waals surface area (Å²) in [5.74, 6) is -1.21. The van der Waals surface area contributed by atoms with E-state index >= 15 is 0 Å². The minimum absolute atomic E-state index is 0.116. The smallest absolute Gasteiger partial charge is 0.312 e. The molecule has 1 N–H and O–H groups in total. The maximum Gasteiger partial charge on any atom is 0.393 e. The summed E-state index contributed by atoms with van der Waals surface area (Å²) >= 11 is 0. The van der Waals surface area contributed by atoms with Crippen LogP contribution in [0.3, 0.4) is 0 Å². The molecule has 1 heterocycles. The van der Waals surface area contributed by atoms with E-state index in [0.29, 0.717) is 13.1 Å². The molecule has 0 saturated carbocycles. The van der Waals surface area contributed by atoms with Crippen molar-refractivity contribution in [3.63, 3.8) is 0 Å². The molecule has 5 heteroatoms. The van der Waals surface area contributed by atoms with Crippen molar-refractivity contribution in [2.75, 3.05) is 13.1 Å². The number of hydrogen-bond acceptors (Lipinski definition) is 2. The van der Waals surface area contributed by atoms with E-state index in [2.05, 4.69) is 10.2 Å². The molecule has 108 valence electrons. The topological polar surface area (TPSA) is 15.3 Å². The lowest BCUT2D eigenvalue weighted by Gasteiger charge is -2.41. The second-order valence-corrected chi connectivity index (χ2v) is 6.41. The molecule has 0 bridgehead atoms. The van der Waals surface area contributed by atoms with Gasteiger partial charge in [0.15, 0.2) is 0 Å². The zero-order valence-corrected chi connectivity index (χ0v) is 11.9. The Kier molecular flexibility index (Phi) is 4.70. The molecule has 1 rings (SSSR count). The van der Waals surface area contributed by atoms with Crippen LogP contribution in [0.15, 0.2) is 0 Å². The molecule has 0 aromatic rings. The molecule has 0 spiro atoms. The Morgan fingerprint density at radius 2 is 1.78 bits per heavy atom. The molecule has 1 fully saturated rings. The second-order valence-electron chi connectivity index (χ2n) is 6.41. The highest BCUT2D eigenvalue weighted by molar-refractivity contribution is 4.93. The molecule has 18 heavy (non-hydrogen) atoms. The average molecular weight is 266 g/mol. The molecule has 2 nitrogen and oxygen atoms in total. The van der Waals surface area contributed by atoms with E-state index in [1.165, 1.54) is 0 Å². The van der Waals surface area contributed by atoms with Gasteiger partial charge < -0.3 is 5.32 Å². The fraction of sp³-hybridized carbons (Fsp3) is 1.00. The number of hydrogen-bond donors (Lipinski definition) is 1. The van der Waals surface area contributed by atoms with Crippen LogP contribution in [0.25, 0.3) is 0 Å². The van der Waals surface area contributed by atoms with Crippen LogP contribution in [0.2, 0.25) is 0 Å². The minimum atomic E-state index is -4.09. The first-order valence-corrected chi connectivity index (χ1v) is 6.60. The van der Waals surface area contributed by atoms with Crippen molar-refractivity contribution >= 4 is 0 Å². The Morgan fingerprint density at radius 1 is 1.22 bits per heavy atom. The Morgan fingerprint density at radius 3 is 2.17 bits per heavy atom. The predicted octanol–water partition coefficient (Wildman–Crippen LogP) is 3.04. The van der Waals surface area contributed by atoms with Gasteiger partial charge in [0.05, 0.1) is 5.92 Å². The number of rotatable bonds is 3. The van der Waals surface area contributed by atoms with Crippen LogP contribution in [0.5, 0.6) is 0 Å². The van der Waals surface area contributed by atoms with Gasteiger partial charge in [-0.1, -0.05) is 0 Å². The number of nitrogens with one attached hydrogen (secondary N) is 1. The van der Waals surface area contributed by atoms with Crippen molar-refractivity contribution in [2.24, 2.45) is 5.92 Å². The summed E-state index contributed by atoms with van der Waals surface area (Å²) in [7, 11) is 0. The molecule has 2 atom stereocenters. The second kappa shape index (κ2) is 5.37. The first-order valence-electron chi connectivity index (χ1n) is 6.60. The highest BCUT2D eigenvalue weighted by Gasteiger charge is 2.47. The van der Waals surface area contributed by atoms with Gasteiger partial charge in [-0.05, 0) is 47.6 Å². The van der Waals surface area contributed by atoms with E-state index in [0.717, 1.165) is 0 Å². The zero-order valence-electron chi connectivity index (χ0n) is 11.9. The normalized spacial score (nSPS) is 26.3. The van der Waals surface area contributed by atoms with Gasteiger partial charge in [0.25, 0.3) is 0 Å². The standard InChI is InChI=1S/C13H25F3N2/c1-9(2)18(12(3,4)5)8-11-10(6-7-17-11)13(14,15)16/h9-11,17H,6-8H2,1-5H3. The van der Waals surface area contributed by atoms with Gasteiger partial charge in [0, 0.05) is 24.2 Å². The van der Waals surface area contributed by atoms with E-state index in [-0.39, 0.29) is 18.0 Å². The van der Waals surface area contributed by atoms with Crippen molar-refractivity contribution in [2.45, 2.75) is 64.8 Å². The summed E-state index contributed by atoms with van der Waals surface area (Å²) in [6.45, 7) is 11.1. The van der Waals surface area contributed by atoms with Gasteiger partial charge in [0.2, 0.25) is 0 Å². The molecule has 1 aliphatic heterocycles. The van der Waals surface area contributed by atoms with Crippen LogP contribution in [0.4, 0.5) is 13.2 Å². The van der Waals surface area contributed by atoms with E-state index in [4.69, 9.17) is 0 Å². The molecule has 1 aliphatic rings. The van der Waals surface area contributed by atoms with Gasteiger partial charge in [-0.3, -0.25) is 4.90 Å². The predicted molar refractivity (Wildman–Crippen MR) is 67.5 cm³/mol. The monoisotopic (exact) mass is 266 g/mol. The lowest BCUT2D eigenvalue weighted by atomic mass is 9.96.